The number of rotatable bonds is 8. The summed E-state index contributed by atoms with van der Waals surface area (Å²) >= 11 is 8.92. The van der Waals surface area contributed by atoms with E-state index in [4.69, 9.17) is 11.6 Å². The van der Waals surface area contributed by atoms with Gasteiger partial charge in [0.15, 0.2) is 4.34 Å². The van der Waals surface area contributed by atoms with Gasteiger partial charge in [0.25, 0.3) is 0 Å². The summed E-state index contributed by atoms with van der Waals surface area (Å²) in [5, 5.41) is 15.8. The molecule has 0 spiro atoms. The summed E-state index contributed by atoms with van der Waals surface area (Å²) in [4.78, 5) is 14.2. The van der Waals surface area contributed by atoms with Crippen LogP contribution in [0.1, 0.15) is 11.1 Å². The van der Waals surface area contributed by atoms with Crippen LogP contribution in [0.25, 0.3) is 0 Å². The van der Waals surface area contributed by atoms with Gasteiger partial charge in [-0.3, -0.25) is 4.79 Å². The van der Waals surface area contributed by atoms with Gasteiger partial charge in [-0.05, 0) is 42.3 Å². The lowest BCUT2D eigenvalue weighted by molar-refractivity contribution is -0.118. The number of hydrogen-bond donors (Lipinski definition) is 2. The normalized spacial score (nSPS) is 10.6. The first-order chi connectivity index (χ1) is 13.9. The van der Waals surface area contributed by atoms with Crippen molar-refractivity contribution in [1.29, 1.82) is 0 Å². The van der Waals surface area contributed by atoms with Gasteiger partial charge in [0, 0.05) is 37.0 Å². The highest BCUT2D eigenvalue weighted by molar-refractivity contribution is 8.01. The van der Waals surface area contributed by atoms with Crippen molar-refractivity contribution in [3.05, 3.63) is 58.6 Å². The van der Waals surface area contributed by atoms with Crippen molar-refractivity contribution in [3.8, 4) is 0 Å². The maximum atomic E-state index is 12.1. The van der Waals surface area contributed by atoms with Gasteiger partial charge in [-0.2, -0.15) is 0 Å². The van der Waals surface area contributed by atoms with E-state index in [2.05, 4.69) is 20.8 Å². The molecule has 2 aromatic carbocycles. The molecule has 0 unspecified atom stereocenters. The lowest BCUT2D eigenvalue weighted by Gasteiger charge is -2.12. The first-order valence-electron chi connectivity index (χ1n) is 8.94. The zero-order valence-electron chi connectivity index (χ0n) is 16.4. The van der Waals surface area contributed by atoms with Crippen LogP contribution >= 0.6 is 34.7 Å². The fourth-order valence-corrected chi connectivity index (χ4v) is 4.24. The van der Waals surface area contributed by atoms with Crippen molar-refractivity contribution in [2.45, 2.75) is 17.8 Å². The van der Waals surface area contributed by atoms with Gasteiger partial charge in [-0.15, -0.1) is 10.2 Å². The lowest BCUT2D eigenvalue weighted by atomic mass is 10.2. The third kappa shape index (κ3) is 6.09. The lowest BCUT2D eigenvalue weighted by Crippen LogP contribution is -2.24. The molecule has 0 atom stereocenters. The van der Waals surface area contributed by atoms with Crippen LogP contribution in [0.5, 0.6) is 0 Å². The van der Waals surface area contributed by atoms with E-state index >= 15 is 0 Å². The van der Waals surface area contributed by atoms with Crippen LogP contribution in [-0.2, 0) is 11.3 Å². The van der Waals surface area contributed by atoms with Crippen molar-refractivity contribution in [2.24, 2.45) is 0 Å². The minimum Gasteiger partial charge on any atom is -0.378 e. The molecule has 6 nitrogen and oxygen atoms in total. The van der Waals surface area contributed by atoms with E-state index in [1.54, 1.807) is 0 Å². The molecule has 0 aliphatic heterocycles. The van der Waals surface area contributed by atoms with E-state index in [0.717, 1.165) is 26.8 Å². The summed E-state index contributed by atoms with van der Waals surface area (Å²) < 4.78 is 0.734. The number of aromatic nitrogens is 2. The number of amides is 1. The Kier molecular flexibility index (Phi) is 7.35. The highest BCUT2D eigenvalue weighted by Crippen LogP contribution is 2.30. The molecule has 1 aromatic heterocycles. The molecule has 0 saturated heterocycles. The molecule has 0 radical (unpaired) electrons. The minimum absolute atomic E-state index is 0.0397. The molecule has 2 N–H and O–H groups in total. The van der Waals surface area contributed by atoms with Crippen LogP contribution in [0.15, 0.2) is 46.8 Å². The van der Waals surface area contributed by atoms with E-state index in [1.807, 2.05) is 68.4 Å². The van der Waals surface area contributed by atoms with Crippen molar-refractivity contribution in [2.75, 3.05) is 30.1 Å². The van der Waals surface area contributed by atoms with E-state index in [0.29, 0.717) is 22.5 Å². The zero-order valence-corrected chi connectivity index (χ0v) is 18.8. The Hall–Kier alpha value is -2.29. The predicted molar refractivity (Wildman–Crippen MR) is 123 cm³/mol. The smallest absolute Gasteiger partial charge is 0.230 e. The maximum Gasteiger partial charge on any atom is 0.230 e. The average molecular weight is 448 g/mol. The average Bonchev–Trinajstić information content (AvgIpc) is 3.16. The van der Waals surface area contributed by atoms with Crippen LogP contribution in [-0.4, -0.2) is 36.0 Å². The van der Waals surface area contributed by atoms with Gasteiger partial charge in [0.05, 0.1) is 5.75 Å². The number of nitrogens with one attached hydrogen (secondary N) is 2. The SMILES string of the molecule is Cc1c(Cl)cccc1Nc1nnc(SCC(=O)NCc2ccc(N(C)C)cc2)s1. The van der Waals surface area contributed by atoms with Gasteiger partial charge in [0.2, 0.25) is 11.0 Å². The van der Waals surface area contributed by atoms with Crippen molar-refractivity contribution in [1.82, 2.24) is 15.5 Å². The molecule has 0 aliphatic rings. The van der Waals surface area contributed by atoms with Crippen molar-refractivity contribution < 1.29 is 4.79 Å². The number of carbonyl (C=O) groups is 1. The standard InChI is InChI=1S/C20H22ClN5OS2/c1-13-16(21)5-4-6-17(13)23-19-24-25-20(29-19)28-12-18(27)22-11-14-7-9-15(10-8-14)26(2)3/h4-10H,11-12H2,1-3H3,(H,22,27)(H,23,24). The number of halogens is 1. The molecule has 0 bridgehead atoms. The summed E-state index contributed by atoms with van der Waals surface area (Å²) in [7, 11) is 4.00. The summed E-state index contributed by atoms with van der Waals surface area (Å²) in [5.41, 5.74) is 4.04. The van der Waals surface area contributed by atoms with Crippen molar-refractivity contribution >= 4 is 57.1 Å². The molecule has 9 heteroatoms. The highest BCUT2D eigenvalue weighted by atomic mass is 35.5. The second-order valence-electron chi connectivity index (χ2n) is 6.54. The Balaban J connectivity index is 1.46. The molecule has 152 valence electrons. The number of benzene rings is 2. The molecule has 0 aliphatic carbocycles. The van der Waals surface area contributed by atoms with Gasteiger partial charge in [-0.1, -0.05) is 52.9 Å². The third-order valence-electron chi connectivity index (χ3n) is 4.18. The topological polar surface area (TPSA) is 70.1 Å². The van der Waals surface area contributed by atoms with E-state index in [-0.39, 0.29) is 5.91 Å². The van der Waals surface area contributed by atoms with Crippen molar-refractivity contribution in [3.63, 3.8) is 0 Å². The second kappa shape index (κ2) is 9.96. The van der Waals surface area contributed by atoms with Crippen LogP contribution in [0.2, 0.25) is 5.02 Å². The molecule has 1 heterocycles. The molecule has 1 amide bonds. The fraction of sp³-hybridized carbons (Fsp3) is 0.250. The molecular formula is C20H22ClN5OS2. The van der Waals surface area contributed by atoms with E-state index in [1.165, 1.54) is 23.1 Å². The van der Waals surface area contributed by atoms with Crippen LogP contribution in [0.4, 0.5) is 16.5 Å². The molecule has 3 aromatic rings. The molecule has 3 rings (SSSR count). The Morgan fingerprint density at radius 3 is 2.66 bits per heavy atom. The van der Waals surface area contributed by atoms with Gasteiger partial charge < -0.3 is 15.5 Å². The van der Waals surface area contributed by atoms with E-state index in [9.17, 15) is 4.79 Å². The predicted octanol–water partition coefficient (Wildman–Crippen LogP) is 4.72. The van der Waals surface area contributed by atoms with E-state index < -0.39 is 0 Å². The molecule has 0 fully saturated rings. The number of thioether (sulfide) groups is 1. The Morgan fingerprint density at radius 1 is 1.17 bits per heavy atom. The summed E-state index contributed by atoms with van der Waals surface area (Å²) in [6, 6.07) is 13.8. The monoisotopic (exact) mass is 447 g/mol. The van der Waals surface area contributed by atoms with Crippen LogP contribution in [0.3, 0.4) is 0 Å². The largest absolute Gasteiger partial charge is 0.378 e. The third-order valence-corrected chi connectivity index (χ3v) is 6.57. The van der Waals surface area contributed by atoms with Crippen LogP contribution in [0, 0.1) is 6.92 Å². The summed E-state index contributed by atoms with van der Waals surface area (Å²) in [5.74, 6) is 0.253. The molecule has 29 heavy (non-hydrogen) atoms. The highest BCUT2D eigenvalue weighted by Gasteiger charge is 2.10. The first kappa shape index (κ1) is 21.4. The quantitative estimate of drug-likeness (QED) is 0.487. The van der Waals surface area contributed by atoms with Gasteiger partial charge in [-0.25, -0.2) is 0 Å². The Labute approximate surface area is 183 Å². The number of anilines is 3. The first-order valence-corrected chi connectivity index (χ1v) is 11.1. The second-order valence-corrected chi connectivity index (χ2v) is 9.14. The summed E-state index contributed by atoms with van der Waals surface area (Å²) in [6.45, 7) is 2.45. The number of hydrogen-bond acceptors (Lipinski definition) is 7. The van der Waals surface area contributed by atoms with Gasteiger partial charge in [0.1, 0.15) is 0 Å². The molecular weight excluding hydrogens is 426 g/mol. The van der Waals surface area contributed by atoms with Crippen LogP contribution < -0.4 is 15.5 Å². The number of carbonyl (C=O) groups excluding carboxylic acids is 1. The summed E-state index contributed by atoms with van der Waals surface area (Å²) in [6.07, 6.45) is 0. The Bertz CT molecular complexity index is 975. The minimum atomic E-state index is -0.0397. The number of nitrogens with zero attached hydrogens (tertiary/aromatic N) is 3. The Morgan fingerprint density at radius 2 is 1.93 bits per heavy atom. The van der Waals surface area contributed by atoms with Gasteiger partial charge >= 0.3 is 0 Å². The fourth-order valence-electron chi connectivity index (χ4n) is 2.47. The zero-order chi connectivity index (χ0) is 20.8. The maximum absolute atomic E-state index is 12.1. The molecule has 0 saturated carbocycles.